The number of rotatable bonds is 5. The first-order chi connectivity index (χ1) is 8.43. The lowest BCUT2D eigenvalue weighted by Gasteiger charge is -2.07. The Hall–Kier alpha value is -1.82. The van der Waals surface area contributed by atoms with Crippen LogP contribution in [0.1, 0.15) is 6.92 Å². The molecule has 0 heterocycles. The highest BCUT2D eigenvalue weighted by molar-refractivity contribution is 7.96. The molecule has 0 bridgehead atoms. The van der Waals surface area contributed by atoms with Crippen LogP contribution in [0.15, 0.2) is 40.6 Å². The van der Waals surface area contributed by atoms with E-state index in [-0.39, 0.29) is 11.5 Å². The van der Waals surface area contributed by atoms with E-state index >= 15 is 0 Å². The van der Waals surface area contributed by atoms with E-state index in [1.165, 1.54) is 31.4 Å². The van der Waals surface area contributed by atoms with Crippen molar-refractivity contribution in [2.45, 2.75) is 11.8 Å². The molecule has 0 aliphatic rings. The molecule has 0 aliphatic heterocycles. The van der Waals surface area contributed by atoms with Gasteiger partial charge in [0, 0.05) is 0 Å². The second-order valence-electron chi connectivity index (χ2n) is 3.32. The number of carbonyl (C=O) groups is 1. The Labute approximate surface area is 106 Å². The number of carbonyl (C=O) groups excluding carboxylic acids is 1. The van der Waals surface area contributed by atoms with Crippen molar-refractivity contribution in [3.8, 4) is 5.75 Å². The van der Waals surface area contributed by atoms with Crippen molar-refractivity contribution in [3.05, 3.63) is 35.7 Å². The summed E-state index contributed by atoms with van der Waals surface area (Å²) in [5.74, 6) is -0.413. The number of methoxy groups -OCH3 is 1. The maximum atomic E-state index is 12.0. The number of ether oxygens (including phenoxy) is 2. The third-order valence-corrected chi connectivity index (χ3v) is 3.91. The highest BCUT2D eigenvalue weighted by Gasteiger charge is 2.25. The molecule has 0 saturated carbocycles. The average molecular weight is 270 g/mol. The topological polar surface area (TPSA) is 69.7 Å². The van der Waals surface area contributed by atoms with Crippen molar-refractivity contribution in [1.82, 2.24) is 0 Å². The molecule has 0 atom stereocenters. The fraction of sp³-hybridized carbons (Fsp3) is 0.250. The van der Waals surface area contributed by atoms with Crippen molar-refractivity contribution in [2.75, 3.05) is 13.7 Å². The first-order valence-corrected chi connectivity index (χ1v) is 6.67. The third-order valence-electron chi connectivity index (χ3n) is 2.20. The number of esters is 1. The first kappa shape index (κ1) is 14.2. The SMILES string of the molecule is C=C(C(=O)OCC)S(=O)(=O)c1ccc(OC)cc1. The minimum absolute atomic E-state index is 0.0265. The zero-order valence-electron chi connectivity index (χ0n) is 10.2. The molecule has 1 aromatic rings. The van der Waals surface area contributed by atoms with Crippen LogP contribution < -0.4 is 4.74 Å². The Bertz CT molecular complexity index is 542. The predicted molar refractivity (Wildman–Crippen MR) is 66.0 cm³/mol. The summed E-state index contributed by atoms with van der Waals surface area (Å²) in [5.41, 5.74) is 0. The number of hydrogen-bond acceptors (Lipinski definition) is 5. The van der Waals surface area contributed by atoms with Gasteiger partial charge < -0.3 is 9.47 Å². The molecule has 0 spiro atoms. The molecule has 0 unspecified atom stereocenters. The van der Waals surface area contributed by atoms with Gasteiger partial charge >= 0.3 is 5.97 Å². The molecule has 1 aromatic carbocycles. The number of sulfone groups is 1. The lowest BCUT2D eigenvalue weighted by atomic mass is 10.3. The third kappa shape index (κ3) is 2.89. The van der Waals surface area contributed by atoms with Gasteiger partial charge in [0.25, 0.3) is 0 Å². The van der Waals surface area contributed by atoms with Crippen molar-refractivity contribution in [1.29, 1.82) is 0 Å². The molecule has 0 aliphatic carbocycles. The molecule has 0 N–H and O–H groups in total. The molecular weight excluding hydrogens is 256 g/mol. The molecule has 18 heavy (non-hydrogen) atoms. The van der Waals surface area contributed by atoms with E-state index < -0.39 is 20.7 Å². The fourth-order valence-corrected chi connectivity index (χ4v) is 2.28. The zero-order chi connectivity index (χ0) is 13.8. The monoisotopic (exact) mass is 270 g/mol. The van der Waals surface area contributed by atoms with Gasteiger partial charge in [-0.2, -0.15) is 0 Å². The van der Waals surface area contributed by atoms with Gasteiger partial charge in [-0.15, -0.1) is 0 Å². The van der Waals surface area contributed by atoms with Crippen LogP contribution in [0, 0.1) is 0 Å². The van der Waals surface area contributed by atoms with E-state index in [1.54, 1.807) is 6.92 Å². The largest absolute Gasteiger partial charge is 0.497 e. The van der Waals surface area contributed by atoms with Crippen LogP contribution in [0.2, 0.25) is 0 Å². The molecule has 5 nitrogen and oxygen atoms in total. The highest BCUT2D eigenvalue weighted by atomic mass is 32.2. The van der Waals surface area contributed by atoms with Crippen LogP contribution in [0.4, 0.5) is 0 Å². The van der Waals surface area contributed by atoms with Gasteiger partial charge in [0.05, 0.1) is 18.6 Å². The van der Waals surface area contributed by atoms with Crippen LogP contribution in [0.3, 0.4) is 0 Å². The molecule has 0 saturated heterocycles. The van der Waals surface area contributed by atoms with E-state index in [9.17, 15) is 13.2 Å². The second-order valence-corrected chi connectivity index (χ2v) is 5.29. The Balaban J connectivity index is 3.05. The van der Waals surface area contributed by atoms with Crippen LogP contribution >= 0.6 is 0 Å². The first-order valence-electron chi connectivity index (χ1n) is 5.18. The van der Waals surface area contributed by atoms with Gasteiger partial charge in [-0.3, -0.25) is 0 Å². The summed E-state index contributed by atoms with van der Waals surface area (Å²) in [7, 11) is -2.44. The standard InChI is InChI=1S/C12H14O5S/c1-4-17-12(13)9(2)18(14,15)11-7-5-10(16-3)6-8-11/h5-8H,2,4H2,1,3H3. The van der Waals surface area contributed by atoms with Crippen molar-refractivity contribution in [3.63, 3.8) is 0 Å². The normalized spacial score (nSPS) is 10.8. The minimum Gasteiger partial charge on any atom is -0.497 e. The van der Waals surface area contributed by atoms with Crippen molar-refractivity contribution in [2.24, 2.45) is 0 Å². The van der Waals surface area contributed by atoms with E-state index in [1.807, 2.05) is 0 Å². The van der Waals surface area contributed by atoms with Crippen LogP contribution in [-0.2, 0) is 19.4 Å². The minimum atomic E-state index is -3.91. The average Bonchev–Trinajstić information content (AvgIpc) is 2.38. The van der Waals surface area contributed by atoms with E-state index in [0.717, 1.165) is 0 Å². The van der Waals surface area contributed by atoms with Crippen LogP contribution in [-0.4, -0.2) is 28.1 Å². The summed E-state index contributed by atoms with van der Waals surface area (Å²) in [5, 5.41) is 0. The molecular formula is C12H14O5S. The predicted octanol–water partition coefficient (Wildman–Crippen LogP) is 1.55. The fourth-order valence-electron chi connectivity index (χ4n) is 1.22. The summed E-state index contributed by atoms with van der Waals surface area (Å²) in [6.07, 6.45) is 0. The molecule has 6 heteroatoms. The maximum Gasteiger partial charge on any atom is 0.349 e. The summed E-state index contributed by atoms with van der Waals surface area (Å²) in [6, 6.07) is 5.67. The molecule has 0 aromatic heterocycles. The second kappa shape index (κ2) is 5.68. The van der Waals surface area contributed by atoms with Gasteiger partial charge in [-0.05, 0) is 31.2 Å². The molecule has 98 valence electrons. The molecule has 0 radical (unpaired) electrons. The smallest absolute Gasteiger partial charge is 0.349 e. The lowest BCUT2D eigenvalue weighted by Crippen LogP contribution is -2.15. The number of benzene rings is 1. The van der Waals surface area contributed by atoms with Gasteiger partial charge in [-0.25, -0.2) is 13.2 Å². The van der Waals surface area contributed by atoms with Gasteiger partial charge in [0.2, 0.25) is 9.84 Å². The summed E-state index contributed by atoms with van der Waals surface area (Å²) < 4.78 is 33.5. The quantitative estimate of drug-likeness (QED) is 0.599. The van der Waals surface area contributed by atoms with E-state index in [4.69, 9.17) is 4.74 Å². The van der Waals surface area contributed by atoms with Crippen molar-refractivity contribution < 1.29 is 22.7 Å². The summed E-state index contributed by atoms with van der Waals surface area (Å²) in [4.78, 5) is 10.8. The highest BCUT2D eigenvalue weighted by Crippen LogP contribution is 2.21. The lowest BCUT2D eigenvalue weighted by molar-refractivity contribution is -0.137. The van der Waals surface area contributed by atoms with E-state index in [2.05, 4.69) is 11.3 Å². The maximum absolute atomic E-state index is 12.0. The van der Waals surface area contributed by atoms with Crippen molar-refractivity contribution >= 4 is 15.8 Å². The van der Waals surface area contributed by atoms with Gasteiger partial charge in [0.1, 0.15) is 10.7 Å². The molecule has 0 fully saturated rings. The Morgan fingerprint density at radius 1 is 1.28 bits per heavy atom. The Kier molecular flexibility index (Phi) is 4.49. The molecule has 1 rings (SSSR count). The van der Waals surface area contributed by atoms with Gasteiger partial charge in [-0.1, -0.05) is 6.58 Å². The summed E-state index contributed by atoms with van der Waals surface area (Å²) in [6.45, 7) is 4.95. The zero-order valence-corrected chi connectivity index (χ0v) is 11.0. The Morgan fingerprint density at radius 3 is 2.28 bits per heavy atom. The Morgan fingerprint density at radius 2 is 1.83 bits per heavy atom. The van der Waals surface area contributed by atoms with Gasteiger partial charge in [0.15, 0.2) is 0 Å². The summed E-state index contributed by atoms with van der Waals surface area (Å²) >= 11 is 0. The number of hydrogen-bond donors (Lipinski definition) is 0. The van der Waals surface area contributed by atoms with Crippen LogP contribution in [0.5, 0.6) is 5.75 Å². The van der Waals surface area contributed by atoms with E-state index in [0.29, 0.717) is 5.75 Å². The van der Waals surface area contributed by atoms with Crippen LogP contribution in [0.25, 0.3) is 0 Å². The molecule has 0 amide bonds.